The molecular weight excluding hydrogens is 390 g/mol. The van der Waals surface area contributed by atoms with Gasteiger partial charge in [0.05, 0.1) is 18.2 Å². The van der Waals surface area contributed by atoms with E-state index in [9.17, 15) is 9.59 Å². The van der Waals surface area contributed by atoms with Crippen LogP contribution in [0.25, 0.3) is 11.3 Å². The monoisotopic (exact) mass is 405 g/mol. The highest BCUT2D eigenvalue weighted by atomic mass is 35.5. The molecule has 134 valence electrons. The minimum atomic E-state index is -0.351. The predicted octanol–water partition coefficient (Wildman–Crippen LogP) is 4.73. The number of nitrogens with zero attached hydrogens (tertiary/aromatic N) is 1. The Balaban J connectivity index is 1.68. The highest BCUT2D eigenvalue weighted by Gasteiger charge is 2.19. The molecule has 0 aliphatic carbocycles. The van der Waals surface area contributed by atoms with Crippen molar-refractivity contribution in [3.05, 3.63) is 57.1 Å². The minimum Gasteiger partial charge on any atom is -0.348 e. The summed E-state index contributed by atoms with van der Waals surface area (Å²) in [7, 11) is 0. The van der Waals surface area contributed by atoms with Gasteiger partial charge in [-0.2, -0.15) is 0 Å². The van der Waals surface area contributed by atoms with Gasteiger partial charge in [0.2, 0.25) is 11.8 Å². The number of carbonyl (C=O) groups is 2. The van der Waals surface area contributed by atoms with Crippen molar-refractivity contribution < 1.29 is 9.59 Å². The Bertz CT molecular complexity index is 909. The molecule has 0 fully saturated rings. The Morgan fingerprint density at radius 3 is 2.69 bits per heavy atom. The van der Waals surface area contributed by atoms with E-state index < -0.39 is 0 Å². The number of carbonyl (C=O) groups excluding carboxylic acids is 2. The van der Waals surface area contributed by atoms with Crippen LogP contribution in [-0.4, -0.2) is 16.8 Å². The molecule has 5 nitrogen and oxygen atoms in total. The van der Waals surface area contributed by atoms with Crippen molar-refractivity contribution in [1.29, 1.82) is 0 Å². The molecule has 2 amide bonds. The van der Waals surface area contributed by atoms with Crippen molar-refractivity contribution >= 4 is 51.2 Å². The molecule has 3 aromatic rings. The summed E-state index contributed by atoms with van der Waals surface area (Å²) in [5.41, 5.74) is 1.54. The fourth-order valence-corrected chi connectivity index (χ4v) is 4.17. The van der Waals surface area contributed by atoms with Crippen LogP contribution in [0.2, 0.25) is 5.02 Å². The molecule has 26 heavy (non-hydrogen) atoms. The fraction of sp³-hybridized carbons (Fsp3) is 0.167. The summed E-state index contributed by atoms with van der Waals surface area (Å²) in [4.78, 5) is 29.2. The second-order valence-electron chi connectivity index (χ2n) is 5.54. The zero-order valence-electron chi connectivity index (χ0n) is 13.9. The number of rotatable bonds is 6. The highest BCUT2D eigenvalue weighted by molar-refractivity contribution is 7.14. The van der Waals surface area contributed by atoms with E-state index in [4.69, 9.17) is 11.6 Å². The zero-order chi connectivity index (χ0) is 18.5. The summed E-state index contributed by atoms with van der Waals surface area (Å²) in [5, 5.41) is 10.5. The maximum atomic E-state index is 12.4. The summed E-state index contributed by atoms with van der Waals surface area (Å²) in [6, 6.07) is 10.9. The van der Waals surface area contributed by atoms with Gasteiger partial charge in [-0.3, -0.25) is 9.59 Å². The van der Waals surface area contributed by atoms with Crippen LogP contribution in [0.5, 0.6) is 0 Å². The van der Waals surface area contributed by atoms with Crippen LogP contribution in [-0.2, 0) is 9.59 Å². The molecule has 0 bridgehead atoms. The number of amides is 2. The van der Waals surface area contributed by atoms with Crippen molar-refractivity contribution in [2.75, 3.05) is 5.32 Å². The first-order valence-corrected chi connectivity index (χ1v) is 9.97. The van der Waals surface area contributed by atoms with Gasteiger partial charge >= 0.3 is 0 Å². The minimum absolute atomic E-state index is 0.140. The van der Waals surface area contributed by atoms with E-state index in [1.165, 1.54) is 29.6 Å². The number of nitrogens with one attached hydrogen (secondary N) is 2. The van der Waals surface area contributed by atoms with Gasteiger partial charge in [0.25, 0.3) is 0 Å². The largest absolute Gasteiger partial charge is 0.348 e. The van der Waals surface area contributed by atoms with Crippen molar-refractivity contribution in [1.82, 2.24) is 10.3 Å². The van der Waals surface area contributed by atoms with Crippen LogP contribution in [0.4, 0.5) is 5.13 Å². The molecule has 1 unspecified atom stereocenters. The number of aromatic nitrogens is 1. The molecule has 2 aromatic heterocycles. The predicted molar refractivity (Wildman–Crippen MR) is 107 cm³/mol. The molecule has 1 atom stereocenters. The number of hydrogen-bond donors (Lipinski definition) is 2. The summed E-state index contributed by atoms with van der Waals surface area (Å²) in [6.45, 7) is 1.44. The second kappa shape index (κ2) is 8.44. The van der Waals surface area contributed by atoms with E-state index in [1.807, 2.05) is 41.1 Å². The van der Waals surface area contributed by atoms with Crippen molar-refractivity contribution in [2.45, 2.75) is 19.4 Å². The summed E-state index contributed by atoms with van der Waals surface area (Å²) >= 11 is 9.02. The number of halogens is 1. The second-order valence-corrected chi connectivity index (χ2v) is 7.78. The maximum absolute atomic E-state index is 12.4. The average Bonchev–Trinajstić information content (AvgIpc) is 3.26. The lowest BCUT2D eigenvalue weighted by atomic mass is 10.1. The third kappa shape index (κ3) is 4.69. The molecule has 0 saturated carbocycles. The molecule has 2 N–H and O–H groups in total. The van der Waals surface area contributed by atoms with Crippen LogP contribution >= 0.6 is 34.3 Å². The number of benzene rings is 1. The zero-order valence-corrected chi connectivity index (χ0v) is 16.3. The van der Waals surface area contributed by atoms with Crippen LogP contribution in [0.1, 0.15) is 24.3 Å². The molecule has 1 aromatic carbocycles. The van der Waals surface area contributed by atoms with E-state index >= 15 is 0 Å². The van der Waals surface area contributed by atoms with Gasteiger partial charge in [0, 0.05) is 27.8 Å². The Kier molecular flexibility index (Phi) is 6.03. The fourth-order valence-electron chi connectivity index (χ4n) is 2.44. The van der Waals surface area contributed by atoms with Gasteiger partial charge in [-0.1, -0.05) is 35.9 Å². The van der Waals surface area contributed by atoms with Gasteiger partial charge in [0.1, 0.15) is 0 Å². The Morgan fingerprint density at radius 1 is 1.19 bits per heavy atom. The van der Waals surface area contributed by atoms with Gasteiger partial charge in [0.15, 0.2) is 5.13 Å². The summed E-state index contributed by atoms with van der Waals surface area (Å²) < 4.78 is 0. The highest BCUT2D eigenvalue weighted by Crippen LogP contribution is 2.30. The molecule has 0 radical (unpaired) electrons. The first-order chi connectivity index (χ1) is 12.5. The smallest absolute Gasteiger partial charge is 0.228 e. The molecule has 0 aliphatic heterocycles. The van der Waals surface area contributed by atoms with Crippen molar-refractivity contribution in [3.63, 3.8) is 0 Å². The van der Waals surface area contributed by atoms with Crippen LogP contribution < -0.4 is 10.6 Å². The quantitative estimate of drug-likeness (QED) is 0.622. The van der Waals surface area contributed by atoms with E-state index in [0.717, 1.165) is 10.4 Å². The number of thiazole rings is 1. The SMILES string of the molecule is CC(=O)NC(CC(=O)Nc1nc(-c2ccccc2Cl)cs1)c1cccs1. The first kappa shape index (κ1) is 18.6. The van der Waals surface area contributed by atoms with Gasteiger partial charge in [-0.15, -0.1) is 22.7 Å². The molecule has 3 rings (SSSR count). The molecule has 0 aliphatic rings. The van der Waals surface area contributed by atoms with Gasteiger partial charge in [-0.25, -0.2) is 4.98 Å². The summed E-state index contributed by atoms with van der Waals surface area (Å²) in [5.74, 6) is -0.385. The lowest BCUT2D eigenvalue weighted by Crippen LogP contribution is -2.29. The maximum Gasteiger partial charge on any atom is 0.228 e. The van der Waals surface area contributed by atoms with Crippen LogP contribution in [0.3, 0.4) is 0 Å². The lowest BCUT2D eigenvalue weighted by molar-refractivity contribution is -0.120. The molecule has 0 saturated heterocycles. The Labute approximate surface area is 164 Å². The van der Waals surface area contributed by atoms with E-state index in [2.05, 4.69) is 15.6 Å². The van der Waals surface area contributed by atoms with Crippen LogP contribution in [0, 0.1) is 0 Å². The van der Waals surface area contributed by atoms with Gasteiger partial charge < -0.3 is 10.6 Å². The third-order valence-corrected chi connectivity index (χ3v) is 5.63. The number of thiophene rings is 1. The van der Waals surface area contributed by atoms with E-state index in [-0.39, 0.29) is 24.3 Å². The van der Waals surface area contributed by atoms with E-state index in [1.54, 1.807) is 6.07 Å². The number of hydrogen-bond acceptors (Lipinski definition) is 5. The van der Waals surface area contributed by atoms with Crippen molar-refractivity contribution in [2.24, 2.45) is 0 Å². The number of anilines is 1. The normalized spacial score (nSPS) is 11.8. The average molecular weight is 406 g/mol. The molecular formula is C18H16ClN3O2S2. The molecule has 0 spiro atoms. The molecule has 2 heterocycles. The third-order valence-electron chi connectivity index (χ3n) is 3.55. The Hall–Kier alpha value is -2.22. The standard InChI is InChI=1S/C18H16ClN3O2S2/c1-11(23)20-14(16-7-4-8-25-16)9-17(24)22-18-21-15(10-26-18)12-5-2-3-6-13(12)19/h2-8,10,14H,9H2,1H3,(H,20,23)(H,21,22,24). The summed E-state index contributed by atoms with van der Waals surface area (Å²) in [6.07, 6.45) is 0.140. The van der Waals surface area contributed by atoms with Crippen molar-refractivity contribution in [3.8, 4) is 11.3 Å². The van der Waals surface area contributed by atoms with E-state index in [0.29, 0.717) is 15.8 Å². The van der Waals surface area contributed by atoms with Gasteiger partial charge in [-0.05, 0) is 17.5 Å². The topological polar surface area (TPSA) is 71.1 Å². The first-order valence-electron chi connectivity index (χ1n) is 7.83. The lowest BCUT2D eigenvalue weighted by Gasteiger charge is -2.15. The Morgan fingerprint density at radius 2 is 2.00 bits per heavy atom. The van der Waals surface area contributed by atoms with Crippen LogP contribution in [0.15, 0.2) is 47.2 Å². The molecule has 8 heteroatoms.